The Labute approximate surface area is 129 Å². The van der Waals surface area contributed by atoms with E-state index in [2.05, 4.69) is 61.2 Å². The molecule has 0 saturated heterocycles. The van der Waals surface area contributed by atoms with Crippen LogP contribution in [-0.4, -0.2) is 50.0 Å². The van der Waals surface area contributed by atoms with Crippen molar-refractivity contribution in [3.8, 4) is 48.4 Å². The van der Waals surface area contributed by atoms with Gasteiger partial charge in [-0.25, -0.2) is 0 Å². The quantitative estimate of drug-likeness (QED) is 0.544. The van der Waals surface area contributed by atoms with Gasteiger partial charge in [-0.1, -0.05) is 35.5 Å². The minimum absolute atomic E-state index is 0.0112. The van der Waals surface area contributed by atoms with Crippen molar-refractivity contribution in [2.24, 2.45) is 0 Å². The van der Waals surface area contributed by atoms with E-state index in [1.165, 1.54) is 0 Å². The van der Waals surface area contributed by atoms with Crippen LogP contribution in [0.3, 0.4) is 0 Å². The van der Waals surface area contributed by atoms with Gasteiger partial charge in [-0.3, -0.25) is 4.90 Å². The second-order valence-corrected chi connectivity index (χ2v) is 5.13. The Morgan fingerprint density at radius 2 is 1.19 bits per heavy atom. The van der Waals surface area contributed by atoms with Crippen molar-refractivity contribution < 1.29 is 9.47 Å². The average Bonchev–Trinajstić information content (AvgIpc) is 2.42. The molecule has 0 N–H and O–H groups in total. The van der Waals surface area contributed by atoms with Gasteiger partial charge >= 0.3 is 0 Å². The highest BCUT2D eigenvalue weighted by Gasteiger charge is 2.18. The summed E-state index contributed by atoms with van der Waals surface area (Å²) in [5.74, 6) is 16.8. The van der Waals surface area contributed by atoms with Crippen LogP contribution < -0.4 is 0 Å². The van der Waals surface area contributed by atoms with E-state index in [0.29, 0.717) is 39.5 Å². The zero-order valence-corrected chi connectivity index (χ0v) is 13.2. The third-order valence-electron chi connectivity index (χ3n) is 2.46. The highest BCUT2D eigenvalue weighted by Crippen LogP contribution is 2.11. The standard InChI is InChI=1S/C18H23NO2/c1-6-14-20-16-10-8-12-19(18(3,4)5)13-9-11-17-21-15-7-2/h1-2H,12-17H2,3-5H3. The highest BCUT2D eigenvalue weighted by atomic mass is 16.5. The SMILES string of the molecule is C#CCOCC#CCN(CC#CCOCC#C)C(C)(C)C. The normalized spacial score (nSPS) is 9.81. The van der Waals surface area contributed by atoms with Gasteiger partial charge in [0.15, 0.2) is 0 Å². The second-order valence-electron chi connectivity index (χ2n) is 5.13. The molecule has 0 amide bonds. The van der Waals surface area contributed by atoms with E-state index in [1.807, 2.05) is 0 Å². The minimum Gasteiger partial charge on any atom is -0.356 e. The summed E-state index contributed by atoms with van der Waals surface area (Å²) in [6.07, 6.45) is 10.2. The van der Waals surface area contributed by atoms with E-state index in [9.17, 15) is 0 Å². The van der Waals surface area contributed by atoms with Crippen LogP contribution in [0.1, 0.15) is 20.8 Å². The first kappa shape index (κ1) is 19.1. The van der Waals surface area contributed by atoms with Crippen molar-refractivity contribution in [2.45, 2.75) is 26.3 Å². The Morgan fingerprint density at radius 1 is 0.762 bits per heavy atom. The number of ether oxygens (including phenoxy) is 2. The van der Waals surface area contributed by atoms with Gasteiger partial charge in [0, 0.05) is 5.54 Å². The molecule has 3 heteroatoms. The minimum atomic E-state index is -0.0112. The summed E-state index contributed by atoms with van der Waals surface area (Å²) in [7, 11) is 0. The van der Waals surface area contributed by atoms with E-state index in [4.69, 9.17) is 22.3 Å². The molecule has 0 bridgehead atoms. The highest BCUT2D eigenvalue weighted by molar-refractivity contribution is 5.07. The van der Waals surface area contributed by atoms with Gasteiger partial charge in [-0.15, -0.1) is 12.8 Å². The van der Waals surface area contributed by atoms with Crippen LogP contribution in [0.5, 0.6) is 0 Å². The van der Waals surface area contributed by atoms with E-state index >= 15 is 0 Å². The number of terminal acetylenes is 2. The van der Waals surface area contributed by atoms with Crippen molar-refractivity contribution in [1.82, 2.24) is 4.90 Å². The Bertz CT molecular complexity index is 440. The molecule has 0 atom stereocenters. The van der Waals surface area contributed by atoms with Crippen LogP contribution >= 0.6 is 0 Å². The maximum atomic E-state index is 5.10. The van der Waals surface area contributed by atoms with E-state index in [0.717, 1.165) is 0 Å². The fourth-order valence-electron chi connectivity index (χ4n) is 1.26. The van der Waals surface area contributed by atoms with Crippen LogP contribution in [0.15, 0.2) is 0 Å². The van der Waals surface area contributed by atoms with Crippen molar-refractivity contribution in [2.75, 3.05) is 39.5 Å². The molecule has 0 aromatic carbocycles. The summed E-state index contributed by atoms with van der Waals surface area (Å²) in [5, 5.41) is 0. The smallest absolute Gasteiger partial charge is 0.109 e. The predicted octanol–water partition coefficient (Wildman–Crippen LogP) is 1.39. The van der Waals surface area contributed by atoms with Crippen molar-refractivity contribution in [1.29, 1.82) is 0 Å². The molecule has 0 fully saturated rings. The summed E-state index contributed by atoms with van der Waals surface area (Å²) in [6, 6.07) is 0. The lowest BCUT2D eigenvalue weighted by molar-refractivity contribution is 0.177. The number of rotatable bonds is 6. The maximum absolute atomic E-state index is 5.10. The third kappa shape index (κ3) is 11.6. The molecule has 0 aliphatic carbocycles. The summed E-state index contributed by atoms with van der Waals surface area (Å²) >= 11 is 0. The van der Waals surface area contributed by atoms with Gasteiger partial charge in [0.05, 0.1) is 13.1 Å². The molecule has 0 unspecified atom stereocenters. The van der Waals surface area contributed by atoms with Gasteiger partial charge in [-0.2, -0.15) is 0 Å². The average molecular weight is 285 g/mol. The Kier molecular flexibility index (Phi) is 10.8. The van der Waals surface area contributed by atoms with Gasteiger partial charge in [0.2, 0.25) is 0 Å². The summed E-state index contributed by atoms with van der Waals surface area (Å²) in [6.45, 7) is 8.93. The van der Waals surface area contributed by atoms with Crippen LogP contribution in [0.4, 0.5) is 0 Å². The molecule has 112 valence electrons. The first-order chi connectivity index (χ1) is 10.0. The topological polar surface area (TPSA) is 21.7 Å². The molecule has 0 rings (SSSR count). The fraction of sp³-hybridized carbons (Fsp3) is 0.556. The molecule has 0 heterocycles. The van der Waals surface area contributed by atoms with Gasteiger partial charge in [-0.05, 0) is 20.8 Å². The van der Waals surface area contributed by atoms with E-state index in [1.54, 1.807) is 0 Å². The number of nitrogens with zero attached hydrogens (tertiary/aromatic N) is 1. The molecular formula is C18H23NO2. The molecule has 0 spiro atoms. The van der Waals surface area contributed by atoms with Crippen LogP contribution in [-0.2, 0) is 9.47 Å². The predicted molar refractivity (Wildman–Crippen MR) is 86.2 cm³/mol. The lowest BCUT2D eigenvalue weighted by Crippen LogP contribution is -2.41. The Balaban J connectivity index is 4.23. The Morgan fingerprint density at radius 3 is 1.52 bits per heavy atom. The summed E-state index contributed by atoms with van der Waals surface area (Å²) in [5.41, 5.74) is -0.0112. The molecule has 21 heavy (non-hydrogen) atoms. The first-order valence-corrected chi connectivity index (χ1v) is 6.71. The molecule has 0 aromatic rings. The molecule has 0 radical (unpaired) electrons. The molecule has 0 aliphatic heterocycles. The van der Waals surface area contributed by atoms with Crippen LogP contribution in [0.25, 0.3) is 0 Å². The summed E-state index contributed by atoms with van der Waals surface area (Å²) in [4.78, 5) is 2.18. The second kappa shape index (κ2) is 11.9. The van der Waals surface area contributed by atoms with Gasteiger partial charge in [0.1, 0.15) is 26.4 Å². The summed E-state index contributed by atoms with van der Waals surface area (Å²) < 4.78 is 10.2. The zero-order chi connectivity index (χ0) is 16.0. The maximum Gasteiger partial charge on any atom is 0.109 e. The first-order valence-electron chi connectivity index (χ1n) is 6.71. The molecule has 0 aromatic heterocycles. The Hall–Kier alpha value is -1.88. The fourth-order valence-corrected chi connectivity index (χ4v) is 1.26. The van der Waals surface area contributed by atoms with E-state index in [-0.39, 0.29) is 5.54 Å². The largest absolute Gasteiger partial charge is 0.356 e. The molecule has 0 saturated carbocycles. The van der Waals surface area contributed by atoms with Crippen molar-refractivity contribution in [3.05, 3.63) is 0 Å². The monoisotopic (exact) mass is 285 g/mol. The van der Waals surface area contributed by atoms with Crippen molar-refractivity contribution >= 4 is 0 Å². The lowest BCUT2D eigenvalue weighted by atomic mass is 10.1. The van der Waals surface area contributed by atoms with Crippen molar-refractivity contribution in [3.63, 3.8) is 0 Å². The molecule has 0 aliphatic rings. The van der Waals surface area contributed by atoms with E-state index < -0.39 is 0 Å². The van der Waals surface area contributed by atoms with Crippen LogP contribution in [0.2, 0.25) is 0 Å². The molecule has 3 nitrogen and oxygen atoms in total. The lowest BCUT2D eigenvalue weighted by Gasteiger charge is -2.32. The number of hydrogen-bond donors (Lipinski definition) is 0. The molecular weight excluding hydrogens is 262 g/mol. The van der Waals surface area contributed by atoms with Gasteiger partial charge in [0.25, 0.3) is 0 Å². The number of hydrogen-bond acceptors (Lipinski definition) is 3. The third-order valence-corrected chi connectivity index (χ3v) is 2.46. The van der Waals surface area contributed by atoms with Gasteiger partial charge < -0.3 is 9.47 Å². The van der Waals surface area contributed by atoms with Crippen LogP contribution in [0, 0.1) is 48.4 Å². The zero-order valence-electron chi connectivity index (χ0n) is 13.2.